The van der Waals surface area contributed by atoms with Crippen LogP contribution in [0.25, 0.3) is 22.3 Å². The fraction of sp³-hybridized carbons (Fsp3) is 0. The van der Waals surface area contributed by atoms with E-state index in [2.05, 4.69) is 62.5 Å². The summed E-state index contributed by atoms with van der Waals surface area (Å²) in [5, 5.41) is 0.296. The van der Waals surface area contributed by atoms with E-state index >= 15 is 0 Å². The molecule has 4 rings (SSSR count). The third-order valence-electron chi connectivity index (χ3n) is 2.52. The monoisotopic (exact) mass is 430 g/mol. The van der Waals surface area contributed by atoms with Gasteiger partial charge in [-0.15, -0.1) is 0 Å². The van der Waals surface area contributed by atoms with Crippen LogP contribution in [0, 0.1) is 3.70 Å². The lowest BCUT2D eigenvalue weighted by Crippen LogP contribution is -1.96. The second-order valence-electron chi connectivity index (χ2n) is 3.95. The van der Waals surface area contributed by atoms with Crippen molar-refractivity contribution in [1.29, 1.82) is 0 Å². The Labute approximate surface area is 141 Å². The molecule has 4 aromatic rings. The zero-order valence-electron chi connectivity index (χ0n) is 10.7. The highest BCUT2D eigenvalue weighted by atomic mass is 127. The Bertz CT molecular complexity index is 869. The number of aromatic amines is 2. The maximum Gasteiger partial charge on any atom is 0.223 e. The molecule has 0 aliphatic rings. The fourth-order valence-corrected chi connectivity index (χ4v) is 2.50. The third-order valence-corrected chi connectivity index (χ3v) is 3.57. The van der Waals surface area contributed by atoms with E-state index in [1.54, 1.807) is 6.33 Å². The normalized spacial score (nSPS) is 10.6. The average Bonchev–Trinajstić information content (AvgIpc) is 3.07. The van der Waals surface area contributed by atoms with Gasteiger partial charge < -0.3 is 21.4 Å². The van der Waals surface area contributed by atoms with Crippen molar-refractivity contribution in [1.82, 2.24) is 39.9 Å². The van der Waals surface area contributed by atoms with Gasteiger partial charge >= 0.3 is 0 Å². The number of fused-ring (bicyclic) bond motifs is 2. The van der Waals surface area contributed by atoms with Crippen molar-refractivity contribution < 1.29 is 0 Å². The summed E-state index contributed by atoms with van der Waals surface area (Å²) in [7, 11) is 0. The molecular formula is C10H8ClIN10. The summed E-state index contributed by atoms with van der Waals surface area (Å²) in [5.41, 5.74) is 13.3. The maximum atomic E-state index is 5.70. The Balaban J connectivity index is 0.000000131. The third kappa shape index (κ3) is 2.85. The first kappa shape index (κ1) is 14.6. The molecule has 0 spiro atoms. The van der Waals surface area contributed by atoms with Crippen LogP contribution in [0.4, 0.5) is 11.9 Å². The molecule has 6 N–H and O–H groups in total. The minimum atomic E-state index is 0.134. The molecule has 0 fully saturated rings. The largest absolute Gasteiger partial charge is 0.368 e. The highest BCUT2D eigenvalue weighted by Gasteiger charge is 2.05. The molecule has 0 bridgehead atoms. The summed E-state index contributed by atoms with van der Waals surface area (Å²) in [6.45, 7) is 0. The van der Waals surface area contributed by atoms with Crippen LogP contribution >= 0.6 is 34.2 Å². The molecule has 22 heavy (non-hydrogen) atoms. The topological polar surface area (TPSA) is 161 Å². The number of nitrogens with zero attached hydrogens (tertiary/aromatic N) is 6. The van der Waals surface area contributed by atoms with Gasteiger partial charge in [-0.1, -0.05) is 11.6 Å². The molecule has 10 nitrogen and oxygen atoms in total. The van der Waals surface area contributed by atoms with Crippen molar-refractivity contribution in [2.45, 2.75) is 0 Å². The lowest BCUT2D eigenvalue weighted by molar-refractivity contribution is 1.19. The lowest BCUT2D eigenvalue weighted by Gasteiger charge is -1.92. The fourth-order valence-electron chi connectivity index (χ4n) is 1.63. The van der Waals surface area contributed by atoms with Gasteiger partial charge in [0.15, 0.2) is 16.4 Å². The number of nitrogens with two attached hydrogens (primary N) is 2. The Kier molecular flexibility index (Phi) is 3.89. The van der Waals surface area contributed by atoms with Gasteiger partial charge in [0.05, 0.1) is 12.7 Å². The number of halogens is 2. The zero-order chi connectivity index (χ0) is 15.7. The first-order chi connectivity index (χ1) is 10.5. The molecule has 4 aromatic heterocycles. The molecule has 0 aliphatic carbocycles. The van der Waals surface area contributed by atoms with E-state index in [0.717, 1.165) is 9.22 Å². The Morgan fingerprint density at radius 3 is 2.09 bits per heavy atom. The lowest BCUT2D eigenvalue weighted by atomic mass is 10.6. The van der Waals surface area contributed by atoms with Crippen molar-refractivity contribution in [3.63, 3.8) is 0 Å². The van der Waals surface area contributed by atoms with Crippen molar-refractivity contribution in [2.75, 3.05) is 11.5 Å². The highest BCUT2D eigenvalue weighted by Crippen LogP contribution is 2.16. The van der Waals surface area contributed by atoms with Gasteiger partial charge in [-0.05, 0) is 22.6 Å². The molecule has 112 valence electrons. The SMILES string of the molecule is Nc1nc(Cl)c2[nH]cnc2n1.Nc1nc(I)c2[nH]cnc2n1. The second-order valence-corrected chi connectivity index (χ2v) is 5.33. The summed E-state index contributed by atoms with van der Waals surface area (Å²) in [5.74, 6) is 0.392. The van der Waals surface area contributed by atoms with Gasteiger partial charge in [0.2, 0.25) is 11.9 Å². The first-order valence-corrected chi connectivity index (χ1v) is 7.24. The van der Waals surface area contributed by atoms with E-state index in [-0.39, 0.29) is 11.9 Å². The molecule has 4 heterocycles. The molecule has 0 aromatic carbocycles. The Morgan fingerprint density at radius 1 is 0.864 bits per heavy atom. The summed E-state index contributed by atoms with van der Waals surface area (Å²) >= 11 is 7.78. The van der Waals surface area contributed by atoms with Crippen molar-refractivity contribution in [2.24, 2.45) is 0 Å². The highest BCUT2D eigenvalue weighted by molar-refractivity contribution is 14.1. The Hall–Kier alpha value is -2.28. The van der Waals surface area contributed by atoms with E-state index < -0.39 is 0 Å². The number of aromatic nitrogens is 8. The smallest absolute Gasteiger partial charge is 0.223 e. The number of H-pyrrole nitrogens is 2. The van der Waals surface area contributed by atoms with Crippen LogP contribution in [-0.2, 0) is 0 Å². The molecule has 0 unspecified atom stereocenters. The molecule has 0 radical (unpaired) electrons. The number of nitrogens with one attached hydrogen (secondary N) is 2. The molecule has 0 aliphatic heterocycles. The zero-order valence-corrected chi connectivity index (χ0v) is 13.7. The van der Waals surface area contributed by atoms with E-state index in [1.807, 2.05) is 0 Å². The van der Waals surface area contributed by atoms with Gasteiger partial charge in [-0.2, -0.15) is 15.0 Å². The van der Waals surface area contributed by atoms with Crippen LogP contribution in [0.1, 0.15) is 0 Å². The van der Waals surface area contributed by atoms with E-state index in [0.29, 0.717) is 22.0 Å². The van der Waals surface area contributed by atoms with Crippen LogP contribution in [0.5, 0.6) is 0 Å². The van der Waals surface area contributed by atoms with Gasteiger partial charge in [0.25, 0.3) is 0 Å². The minimum Gasteiger partial charge on any atom is -0.368 e. The van der Waals surface area contributed by atoms with Crippen LogP contribution in [-0.4, -0.2) is 39.9 Å². The van der Waals surface area contributed by atoms with Crippen LogP contribution in [0.3, 0.4) is 0 Å². The maximum absolute atomic E-state index is 5.70. The van der Waals surface area contributed by atoms with Crippen molar-refractivity contribution in [3.8, 4) is 0 Å². The first-order valence-electron chi connectivity index (χ1n) is 5.79. The van der Waals surface area contributed by atoms with E-state index in [4.69, 9.17) is 23.1 Å². The number of hydrogen-bond donors (Lipinski definition) is 4. The van der Waals surface area contributed by atoms with E-state index in [1.165, 1.54) is 6.33 Å². The van der Waals surface area contributed by atoms with Crippen LogP contribution < -0.4 is 11.5 Å². The van der Waals surface area contributed by atoms with E-state index in [9.17, 15) is 0 Å². The molecule has 0 saturated carbocycles. The summed E-state index contributed by atoms with van der Waals surface area (Å²) < 4.78 is 0.794. The minimum absolute atomic E-state index is 0.134. The molecule has 0 amide bonds. The molecular weight excluding hydrogens is 423 g/mol. The Morgan fingerprint density at radius 2 is 1.41 bits per heavy atom. The van der Waals surface area contributed by atoms with Gasteiger partial charge in [-0.25, -0.2) is 15.0 Å². The quantitative estimate of drug-likeness (QED) is 0.238. The predicted octanol–water partition coefficient (Wildman–Crippen LogP) is 1.13. The number of hydrogen-bond acceptors (Lipinski definition) is 8. The summed E-state index contributed by atoms with van der Waals surface area (Å²) in [6.07, 6.45) is 3.06. The summed E-state index contributed by atoms with van der Waals surface area (Å²) in [6, 6.07) is 0. The van der Waals surface area contributed by atoms with Gasteiger partial charge in [0, 0.05) is 0 Å². The number of anilines is 2. The van der Waals surface area contributed by atoms with Crippen LogP contribution in [0.15, 0.2) is 12.7 Å². The van der Waals surface area contributed by atoms with Gasteiger partial charge in [0.1, 0.15) is 14.7 Å². The summed E-state index contributed by atoms with van der Waals surface area (Å²) in [4.78, 5) is 29.0. The number of rotatable bonds is 0. The molecule has 12 heteroatoms. The van der Waals surface area contributed by atoms with Crippen molar-refractivity contribution >= 4 is 68.4 Å². The average molecular weight is 431 g/mol. The van der Waals surface area contributed by atoms with Crippen molar-refractivity contribution in [3.05, 3.63) is 21.5 Å². The standard InChI is InChI=1S/C5H4ClN5.C5H4IN5/c2*6-3-2-4(9-1-8-2)11-5(7)10-3/h2*1H,(H3,7,8,9,10,11). The molecule has 0 saturated heterocycles. The number of imidazole rings is 2. The van der Waals surface area contributed by atoms with Crippen LogP contribution in [0.2, 0.25) is 5.15 Å². The second kappa shape index (κ2) is 5.84. The predicted molar refractivity (Wildman–Crippen MR) is 89.9 cm³/mol. The number of nitrogen functional groups attached to an aromatic ring is 2. The molecule has 0 atom stereocenters. The van der Waals surface area contributed by atoms with Gasteiger partial charge in [-0.3, -0.25) is 0 Å².